The Kier molecular flexibility index (Phi) is 17.7. The van der Waals surface area contributed by atoms with Gasteiger partial charge in [0, 0.05) is 63.6 Å². The van der Waals surface area contributed by atoms with E-state index in [0.717, 1.165) is 97.3 Å². The Morgan fingerprint density at radius 1 is 0.898 bits per heavy atom. The van der Waals surface area contributed by atoms with Crippen molar-refractivity contribution in [3.63, 3.8) is 0 Å². The van der Waals surface area contributed by atoms with Crippen LogP contribution < -0.4 is 31.9 Å². The van der Waals surface area contributed by atoms with E-state index in [0.29, 0.717) is 19.5 Å². The molecule has 12 heteroatoms. The van der Waals surface area contributed by atoms with Gasteiger partial charge in [-0.3, -0.25) is 14.4 Å². The van der Waals surface area contributed by atoms with E-state index in [1.54, 1.807) is 7.05 Å². The van der Waals surface area contributed by atoms with Crippen LogP contribution >= 0.6 is 11.8 Å². The lowest BCUT2D eigenvalue weighted by atomic mass is 9.80. The van der Waals surface area contributed by atoms with E-state index in [1.165, 1.54) is 37.4 Å². The van der Waals surface area contributed by atoms with Gasteiger partial charge >= 0.3 is 0 Å². The molecule has 0 saturated carbocycles. The van der Waals surface area contributed by atoms with Crippen molar-refractivity contribution in [2.45, 2.75) is 120 Å². The molecule has 2 heterocycles. The number of nitrogens with two attached hydrogens (primary N) is 1. The lowest BCUT2D eigenvalue weighted by molar-refractivity contribution is -0.124. The highest BCUT2D eigenvalue weighted by molar-refractivity contribution is 7.99. The van der Waals surface area contributed by atoms with Gasteiger partial charge < -0.3 is 31.9 Å². The minimum absolute atomic E-state index is 0.0912. The van der Waals surface area contributed by atoms with E-state index >= 15 is 0 Å². The predicted molar refractivity (Wildman–Crippen MR) is 201 cm³/mol. The van der Waals surface area contributed by atoms with Crippen molar-refractivity contribution in [1.29, 1.82) is 0 Å². The second kappa shape index (κ2) is 21.7. The third kappa shape index (κ3) is 13.8. The summed E-state index contributed by atoms with van der Waals surface area (Å²) in [5, 5.41) is 12.6. The summed E-state index contributed by atoms with van der Waals surface area (Å²) in [5.74, 6) is 1.45. The summed E-state index contributed by atoms with van der Waals surface area (Å²) in [6.45, 7) is 7.48. The smallest absolute Gasteiger partial charge is 0.224 e. The average molecular weight is 697 g/mol. The fourth-order valence-corrected chi connectivity index (χ4v) is 7.10. The van der Waals surface area contributed by atoms with Crippen molar-refractivity contribution in [3.05, 3.63) is 30.0 Å². The van der Waals surface area contributed by atoms with Crippen LogP contribution in [0.3, 0.4) is 0 Å². The molecule has 2 aromatic rings. The van der Waals surface area contributed by atoms with Crippen LogP contribution in [-0.2, 0) is 20.8 Å². The first-order valence-corrected chi connectivity index (χ1v) is 19.1. The maximum absolute atomic E-state index is 12.8. The van der Waals surface area contributed by atoms with E-state index in [1.807, 2.05) is 31.4 Å². The molecule has 0 radical (unpaired) electrons. The number of carbonyl (C=O) groups is 3. The van der Waals surface area contributed by atoms with Gasteiger partial charge in [0.05, 0.1) is 6.20 Å². The molecule has 3 rings (SSSR count). The van der Waals surface area contributed by atoms with E-state index in [2.05, 4.69) is 40.0 Å². The minimum atomic E-state index is -0.173. The summed E-state index contributed by atoms with van der Waals surface area (Å²) in [7, 11) is 3.54. The Balaban J connectivity index is 1.38. The quantitative estimate of drug-likeness (QED) is 0.0895. The van der Waals surface area contributed by atoms with Gasteiger partial charge in [-0.1, -0.05) is 76.6 Å². The molecule has 3 amide bonds. The number of hydrogen-bond donors (Lipinski definition) is 5. The number of aromatic nitrogens is 2. The summed E-state index contributed by atoms with van der Waals surface area (Å²) < 4.78 is 0. The monoisotopic (exact) mass is 696 g/mol. The standard InChI is InChI=1S/C37H60N8O3S/c1-5-28-29(43-34(48)20-19-33(47)41-23-14-12-10-8-6-7-9-11-13-18-32(46)39-3)16-15-17-30(28)49-36-35(40-4)44-31(26-42-36)45-24-21-37(2,27-38)22-25-45/h15-17,26H,5-14,18-25,27,38H2,1-4H3,(H,39,46)(H,40,44)(H,41,47)(H,43,48). The number of carbonyl (C=O) groups excluding carboxylic acids is 3. The molecule has 1 aromatic heterocycles. The van der Waals surface area contributed by atoms with Crippen LogP contribution in [0.15, 0.2) is 34.3 Å². The molecular formula is C37H60N8O3S. The van der Waals surface area contributed by atoms with Crippen molar-refractivity contribution in [3.8, 4) is 0 Å². The predicted octanol–water partition coefficient (Wildman–Crippen LogP) is 6.28. The van der Waals surface area contributed by atoms with Crippen molar-refractivity contribution in [1.82, 2.24) is 20.6 Å². The van der Waals surface area contributed by atoms with Gasteiger partial charge in [-0.25, -0.2) is 9.97 Å². The number of benzene rings is 1. The fraction of sp³-hybridized carbons (Fsp3) is 0.649. The van der Waals surface area contributed by atoms with Gasteiger partial charge in [0.2, 0.25) is 17.7 Å². The SMILES string of the molecule is CCc1c(NC(=O)CCC(=O)NCCCCCCCCCCCC(=O)NC)cccc1Sc1ncc(N2CCC(C)(CN)CC2)nc1NC. The Labute approximate surface area is 298 Å². The number of anilines is 3. The maximum atomic E-state index is 12.8. The van der Waals surface area contributed by atoms with Gasteiger partial charge in [0.15, 0.2) is 5.82 Å². The van der Waals surface area contributed by atoms with Gasteiger partial charge in [-0.15, -0.1) is 0 Å². The summed E-state index contributed by atoms with van der Waals surface area (Å²) in [5.41, 5.74) is 7.97. The van der Waals surface area contributed by atoms with Gasteiger partial charge in [-0.2, -0.15) is 0 Å². The summed E-state index contributed by atoms with van der Waals surface area (Å²) in [6, 6.07) is 5.88. The molecule has 1 saturated heterocycles. The molecule has 1 aromatic carbocycles. The number of hydrogen-bond acceptors (Lipinski definition) is 9. The number of piperidine rings is 1. The lowest BCUT2D eigenvalue weighted by Gasteiger charge is -2.39. The summed E-state index contributed by atoms with van der Waals surface area (Å²) >= 11 is 1.53. The van der Waals surface area contributed by atoms with Crippen LogP contribution in [0.5, 0.6) is 0 Å². The molecule has 0 unspecified atom stereocenters. The minimum Gasteiger partial charge on any atom is -0.371 e. The summed E-state index contributed by atoms with van der Waals surface area (Å²) in [6.07, 6.45) is 15.7. The van der Waals surface area contributed by atoms with E-state index < -0.39 is 0 Å². The zero-order valence-electron chi connectivity index (χ0n) is 30.3. The Morgan fingerprint density at radius 3 is 2.18 bits per heavy atom. The number of unbranched alkanes of at least 4 members (excludes halogenated alkanes) is 8. The molecule has 6 N–H and O–H groups in total. The van der Waals surface area contributed by atoms with Crippen molar-refractivity contribution in [2.75, 3.05) is 55.8 Å². The van der Waals surface area contributed by atoms with Crippen LogP contribution in [0.2, 0.25) is 0 Å². The maximum Gasteiger partial charge on any atom is 0.224 e. The van der Waals surface area contributed by atoms with Crippen molar-refractivity contribution < 1.29 is 14.4 Å². The Morgan fingerprint density at radius 2 is 1.55 bits per heavy atom. The zero-order valence-corrected chi connectivity index (χ0v) is 31.1. The summed E-state index contributed by atoms with van der Waals surface area (Å²) in [4.78, 5) is 49.4. The van der Waals surface area contributed by atoms with Crippen molar-refractivity contribution >= 4 is 46.8 Å². The molecule has 49 heavy (non-hydrogen) atoms. The highest BCUT2D eigenvalue weighted by Crippen LogP contribution is 2.38. The van der Waals surface area contributed by atoms with Gasteiger partial charge in [0.1, 0.15) is 10.8 Å². The van der Waals surface area contributed by atoms with Gasteiger partial charge in [-0.05, 0) is 61.8 Å². The first-order valence-electron chi connectivity index (χ1n) is 18.3. The van der Waals surface area contributed by atoms with Crippen LogP contribution in [0, 0.1) is 5.41 Å². The lowest BCUT2D eigenvalue weighted by Crippen LogP contribution is -2.42. The van der Waals surface area contributed by atoms with E-state index in [4.69, 9.17) is 15.7 Å². The van der Waals surface area contributed by atoms with E-state index in [-0.39, 0.29) is 36.0 Å². The number of nitrogens with one attached hydrogen (secondary N) is 4. The number of nitrogens with zero attached hydrogens (tertiary/aromatic N) is 3. The van der Waals surface area contributed by atoms with Crippen LogP contribution in [-0.4, -0.2) is 68.0 Å². The molecule has 1 aliphatic rings. The van der Waals surface area contributed by atoms with E-state index in [9.17, 15) is 14.4 Å². The fourth-order valence-electron chi connectivity index (χ4n) is 6.01. The number of rotatable bonds is 22. The average Bonchev–Trinajstić information content (AvgIpc) is 3.11. The molecule has 0 bridgehead atoms. The first kappa shape index (κ1) is 40.1. The second-order valence-electron chi connectivity index (χ2n) is 13.4. The Hall–Kier alpha value is -3.38. The molecule has 272 valence electrons. The highest BCUT2D eigenvalue weighted by Gasteiger charge is 2.29. The zero-order chi connectivity index (χ0) is 35.5. The van der Waals surface area contributed by atoms with Crippen LogP contribution in [0.25, 0.3) is 0 Å². The molecule has 0 spiro atoms. The molecular weight excluding hydrogens is 637 g/mol. The van der Waals surface area contributed by atoms with Crippen LogP contribution in [0.1, 0.15) is 109 Å². The molecule has 0 aliphatic carbocycles. The molecule has 1 aliphatic heterocycles. The molecule has 1 fully saturated rings. The third-order valence-electron chi connectivity index (χ3n) is 9.48. The second-order valence-corrected chi connectivity index (χ2v) is 14.4. The third-order valence-corrected chi connectivity index (χ3v) is 10.6. The first-order chi connectivity index (χ1) is 23.7. The highest BCUT2D eigenvalue weighted by atomic mass is 32.2. The normalized spacial score (nSPS) is 13.9. The van der Waals surface area contributed by atoms with Crippen molar-refractivity contribution in [2.24, 2.45) is 11.1 Å². The van der Waals surface area contributed by atoms with Gasteiger partial charge in [0.25, 0.3) is 0 Å². The topological polar surface area (TPSA) is 154 Å². The largest absolute Gasteiger partial charge is 0.371 e. The number of amides is 3. The molecule has 0 atom stereocenters. The van der Waals surface area contributed by atoms with Crippen LogP contribution in [0.4, 0.5) is 17.3 Å². The molecule has 11 nitrogen and oxygen atoms in total. The Bertz CT molecular complexity index is 1330.